The molecule has 0 aromatic heterocycles. The zero-order valence-corrected chi connectivity index (χ0v) is 12.3. The Hall–Kier alpha value is -1.51. The molecule has 0 aliphatic carbocycles. The van der Waals surface area contributed by atoms with Crippen LogP contribution in [0.25, 0.3) is 0 Å². The number of carbonyl (C=O) groups excluding carboxylic acids is 1. The lowest BCUT2D eigenvalue weighted by molar-refractivity contribution is 0.0679. The smallest absolute Gasteiger partial charge is 0.257 e. The Labute approximate surface area is 115 Å². The largest absolute Gasteiger partial charge is 0.496 e. The number of hydrogen-bond donors (Lipinski definition) is 0. The number of carbonyl (C=O) groups is 1. The highest BCUT2D eigenvalue weighted by Crippen LogP contribution is 2.27. The van der Waals surface area contributed by atoms with Crippen molar-refractivity contribution < 1.29 is 9.53 Å². The molecule has 2 rings (SSSR count). The Balaban J connectivity index is 2.32. The number of nitrogens with zero attached hydrogens (tertiary/aromatic N) is 1. The highest BCUT2D eigenvalue weighted by atomic mass is 16.5. The van der Waals surface area contributed by atoms with Crippen LogP contribution in [0.2, 0.25) is 0 Å². The highest BCUT2D eigenvalue weighted by molar-refractivity contribution is 5.98. The predicted molar refractivity (Wildman–Crippen MR) is 76.8 cm³/mol. The van der Waals surface area contributed by atoms with E-state index >= 15 is 0 Å². The molecule has 1 heterocycles. The SMILES string of the molecule is COc1cc(C)cc(C)c1C(=O)N1CCCC(C)C1. The van der Waals surface area contributed by atoms with E-state index < -0.39 is 0 Å². The predicted octanol–water partition coefficient (Wildman–Crippen LogP) is 3.18. The molecule has 3 nitrogen and oxygen atoms in total. The number of methoxy groups -OCH3 is 1. The van der Waals surface area contributed by atoms with Gasteiger partial charge in [-0.1, -0.05) is 13.0 Å². The van der Waals surface area contributed by atoms with Gasteiger partial charge in [-0.05, 0) is 49.8 Å². The van der Waals surface area contributed by atoms with Gasteiger partial charge in [-0.15, -0.1) is 0 Å². The number of rotatable bonds is 2. The summed E-state index contributed by atoms with van der Waals surface area (Å²) in [5, 5.41) is 0. The van der Waals surface area contributed by atoms with Gasteiger partial charge in [-0.2, -0.15) is 0 Å². The van der Waals surface area contributed by atoms with E-state index in [2.05, 4.69) is 6.92 Å². The van der Waals surface area contributed by atoms with Crippen LogP contribution in [0.1, 0.15) is 41.3 Å². The van der Waals surface area contributed by atoms with E-state index in [1.165, 1.54) is 6.42 Å². The van der Waals surface area contributed by atoms with Crippen molar-refractivity contribution in [1.82, 2.24) is 4.90 Å². The topological polar surface area (TPSA) is 29.5 Å². The number of amides is 1. The summed E-state index contributed by atoms with van der Waals surface area (Å²) in [6, 6.07) is 3.98. The van der Waals surface area contributed by atoms with Crippen LogP contribution < -0.4 is 4.74 Å². The molecular weight excluding hydrogens is 238 g/mol. The van der Waals surface area contributed by atoms with Crippen LogP contribution in [0.15, 0.2) is 12.1 Å². The number of benzene rings is 1. The van der Waals surface area contributed by atoms with Crippen molar-refractivity contribution in [3.8, 4) is 5.75 Å². The van der Waals surface area contributed by atoms with Gasteiger partial charge in [0.15, 0.2) is 0 Å². The Bertz CT molecular complexity index is 482. The maximum Gasteiger partial charge on any atom is 0.257 e. The monoisotopic (exact) mass is 261 g/mol. The standard InChI is InChI=1S/C16H23NO2/c1-11-6-5-7-17(10-11)16(18)15-13(3)8-12(2)9-14(15)19-4/h8-9,11H,5-7,10H2,1-4H3. The van der Waals surface area contributed by atoms with Crippen LogP contribution in [-0.2, 0) is 0 Å². The van der Waals surface area contributed by atoms with Gasteiger partial charge in [0.1, 0.15) is 5.75 Å². The summed E-state index contributed by atoms with van der Waals surface area (Å²) >= 11 is 0. The van der Waals surface area contributed by atoms with E-state index in [-0.39, 0.29) is 5.91 Å². The van der Waals surface area contributed by atoms with E-state index in [0.717, 1.165) is 36.2 Å². The molecule has 1 aromatic carbocycles. The average Bonchev–Trinajstić information content (AvgIpc) is 2.37. The average molecular weight is 261 g/mol. The molecule has 1 saturated heterocycles. The minimum absolute atomic E-state index is 0.112. The first-order valence-electron chi connectivity index (χ1n) is 6.97. The number of aryl methyl sites for hydroxylation is 2. The lowest BCUT2D eigenvalue weighted by Gasteiger charge is -2.31. The van der Waals surface area contributed by atoms with Crippen molar-refractivity contribution in [1.29, 1.82) is 0 Å². The summed E-state index contributed by atoms with van der Waals surface area (Å²) in [6.07, 6.45) is 2.31. The van der Waals surface area contributed by atoms with Gasteiger partial charge in [0.25, 0.3) is 5.91 Å². The van der Waals surface area contributed by atoms with Gasteiger partial charge in [0.05, 0.1) is 12.7 Å². The first-order valence-corrected chi connectivity index (χ1v) is 6.97. The molecule has 19 heavy (non-hydrogen) atoms. The van der Waals surface area contributed by atoms with Crippen molar-refractivity contribution in [3.05, 3.63) is 28.8 Å². The van der Waals surface area contributed by atoms with Gasteiger partial charge in [0.2, 0.25) is 0 Å². The molecule has 0 bridgehead atoms. The van der Waals surface area contributed by atoms with Crippen LogP contribution in [0, 0.1) is 19.8 Å². The second kappa shape index (κ2) is 5.64. The molecule has 104 valence electrons. The molecular formula is C16H23NO2. The van der Waals surface area contributed by atoms with Crippen LogP contribution in [-0.4, -0.2) is 31.0 Å². The van der Waals surface area contributed by atoms with Gasteiger partial charge in [0, 0.05) is 13.1 Å². The molecule has 1 aromatic rings. The molecule has 3 heteroatoms. The summed E-state index contributed by atoms with van der Waals surface area (Å²) in [5.74, 6) is 1.40. The molecule has 0 radical (unpaired) electrons. The van der Waals surface area contributed by atoms with Crippen LogP contribution in [0.4, 0.5) is 0 Å². The normalized spacial score (nSPS) is 19.4. The van der Waals surface area contributed by atoms with E-state index in [1.54, 1.807) is 7.11 Å². The molecule has 1 amide bonds. The fraction of sp³-hybridized carbons (Fsp3) is 0.562. The Morgan fingerprint density at radius 1 is 1.37 bits per heavy atom. The van der Waals surface area contributed by atoms with Gasteiger partial charge in [-0.25, -0.2) is 0 Å². The molecule has 0 saturated carbocycles. The van der Waals surface area contributed by atoms with Crippen molar-refractivity contribution >= 4 is 5.91 Å². The third kappa shape index (κ3) is 2.91. The zero-order valence-electron chi connectivity index (χ0n) is 12.3. The Morgan fingerprint density at radius 2 is 2.11 bits per heavy atom. The molecule has 0 N–H and O–H groups in total. The van der Waals surface area contributed by atoms with E-state index in [4.69, 9.17) is 4.74 Å². The van der Waals surface area contributed by atoms with Gasteiger partial charge in [-0.3, -0.25) is 4.79 Å². The van der Waals surface area contributed by atoms with E-state index in [1.807, 2.05) is 30.9 Å². The minimum atomic E-state index is 0.112. The molecule has 0 spiro atoms. The quantitative estimate of drug-likeness (QED) is 0.818. The fourth-order valence-corrected chi connectivity index (χ4v) is 2.90. The molecule has 1 atom stereocenters. The molecule has 1 aliphatic heterocycles. The van der Waals surface area contributed by atoms with Crippen molar-refractivity contribution in [2.45, 2.75) is 33.6 Å². The molecule has 1 unspecified atom stereocenters. The third-order valence-corrected chi connectivity index (χ3v) is 3.82. The summed E-state index contributed by atoms with van der Waals surface area (Å²) < 4.78 is 5.40. The lowest BCUT2D eigenvalue weighted by atomic mass is 9.97. The maximum absolute atomic E-state index is 12.7. The zero-order chi connectivity index (χ0) is 14.0. The van der Waals surface area contributed by atoms with Gasteiger partial charge >= 0.3 is 0 Å². The highest BCUT2D eigenvalue weighted by Gasteiger charge is 2.25. The van der Waals surface area contributed by atoms with Crippen LogP contribution in [0.5, 0.6) is 5.75 Å². The third-order valence-electron chi connectivity index (χ3n) is 3.82. The fourth-order valence-electron chi connectivity index (χ4n) is 2.90. The number of piperidine rings is 1. The minimum Gasteiger partial charge on any atom is -0.496 e. The van der Waals surface area contributed by atoms with Crippen LogP contribution >= 0.6 is 0 Å². The van der Waals surface area contributed by atoms with Crippen LogP contribution in [0.3, 0.4) is 0 Å². The first-order chi connectivity index (χ1) is 9.02. The van der Waals surface area contributed by atoms with E-state index in [0.29, 0.717) is 11.7 Å². The summed E-state index contributed by atoms with van der Waals surface area (Å²) in [6.45, 7) is 7.93. The Morgan fingerprint density at radius 3 is 2.74 bits per heavy atom. The summed E-state index contributed by atoms with van der Waals surface area (Å²) in [7, 11) is 1.63. The molecule has 1 aliphatic rings. The van der Waals surface area contributed by atoms with Gasteiger partial charge < -0.3 is 9.64 Å². The van der Waals surface area contributed by atoms with E-state index in [9.17, 15) is 4.79 Å². The van der Waals surface area contributed by atoms with Crippen molar-refractivity contribution in [2.24, 2.45) is 5.92 Å². The Kier molecular flexibility index (Phi) is 4.13. The first kappa shape index (κ1) is 13.9. The number of likely N-dealkylation sites (tertiary alicyclic amines) is 1. The number of hydrogen-bond acceptors (Lipinski definition) is 2. The lowest BCUT2D eigenvalue weighted by Crippen LogP contribution is -2.39. The van der Waals surface area contributed by atoms with Crippen molar-refractivity contribution in [2.75, 3.05) is 20.2 Å². The second-order valence-electron chi connectivity index (χ2n) is 5.66. The maximum atomic E-state index is 12.7. The summed E-state index contributed by atoms with van der Waals surface area (Å²) in [4.78, 5) is 14.7. The second-order valence-corrected chi connectivity index (χ2v) is 5.66. The summed E-state index contributed by atoms with van der Waals surface area (Å²) in [5.41, 5.74) is 2.85. The number of ether oxygens (including phenoxy) is 1. The van der Waals surface area contributed by atoms with Crippen molar-refractivity contribution in [3.63, 3.8) is 0 Å². The molecule has 1 fully saturated rings.